The van der Waals surface area contributed by atoms with Crippen LogP contribution >= 0.6 is 23.4 Å². The summed E-state index contributed by atoms with van der Waals surface area (Å²) < 4.78 is 71.0. The molecule has 0 N–H and O–H groups in total. The molecule has 0 saturated carbocycles. The van der Waals surface area contributed by atoms with Gasteiger partial charge in [0, 0.05) is 11.8 Å². The van der Waals surface area contributed by atoms with E-state index in [-0.39, 0.29) is 0 Å². The van der Waals surface area contributed by atoms with Crippen LogP contribution in [0.4, 0.5) is 26.3 Å². The lowest BCUT2D eigenvalue weighted by atomic mass is 10.7. The Balaban J connectivity index is 3.11. The van der Waals surface area contributed by atoms with Crippen LogP contribution in [0, 0.1) is 6.20 Å². The average molecular weight is 270 g/mol. The van der Waals surface area contributed by atoms with Crippen LogP contribution in [-0.4, -0.2) is 15.3 Å². The van der Waals surface area contributed by atoms with E-state index in [2.05, 4.69) is 5.10 Å². The Morgan fingerprint density at radius 3 is 2.13 bits per heavy atom. The molecule has 0 aliphatic carbocycles. The van der Waals surface area contributed by atoms with Gasteiger partial charge in [-0.25, -0.2) is 0 Å². The van der Waals surface area contributed by atoms with Crippen molar-refractivity contribution < 1.29 is 26.3 Å². The molecule has 0 bridgehead atoms. The van der Waals surface area contributed by atoms with Crippen molar-refractivity contribution in [1.29, 1.82) is 0 Å². The molecule has 85 valence electrons. The van der Waals surface area contributed by atoms with Crippen LogP contribution in [0.3, 0.4) is 0 Å². The maximum Gasteiger partial charge on any atom is 0.505 e. The highest BCUT2D eigenvalue weighted by Crippen LogP contribution is 2.42. The predicted octanol–water partition coefficient (Wildman–Crippen LogP) is 3.42. The maximum absolute atomic E-state index is 12.1. The molecule has 1 aromatic heterocycles. The first kappa shape index (κ1) is 12.5. The Labute approximate surface area is 88.2 Å². The Bertz CT molecular complexity index is 355. The minimum atomic E-state index is -5.06. The summed E-state index contributed by atoms with van der Waals surface area (Å²) in [4.78, 5) is 0. The van der Waals surface area contributed by atoms with Gasteiger partial charge in [-0.3, -0.25) is 0 Å². The smallest absolute Gasteiger partial charge is 0.162 e. The Morgan fingerprint density at radius 2 is 1.73 bits per heavy atom. The van der Waals surface area contributed by atoms with Gasteiger partial charge in [-0.05, 0) is 0 Å². The summed E-state index contributed by atoms with van der Waals surface area (Å²) in [7, 11) is 0. The minimum Gasteiger partial charge on any atom is -0.162 e. The Kier molecular flexibility index (Phi) is 3.15. The molecule has 15 heavy (non-hydrogen) atoms. The van der Waals surface area contributed by atoms with E-state index in [1.807, 2.05) is 0 Å². The van der Waals surface area contributed by atoms with Crippen LogP contribution in [0.2, 0.25) is 5.02 Å². The molecule has 0 atom stereocenters. The lowest BCUT2D eigenvalue weighted by Gasteiger charge is -2.11. The van der Waals surface area contributed by atoms with Crippen molar-refractivity contribution in [2.75, 3.05) is 0 Å². The normalized spacial score (nSPS) is 13.3. The maximum atomic E-state index is 12.1. The lowest BCUT2D eigenvalue weighted by Crippen LogP contribution is -2.20. The van der Waals surface area contributed by atoms with E-state index in [0.29, 0.717) is 0 Å². The van der Waals surface area contributed by atoms with Crippen LogP contribution < -0.4 is 0 Å². The van der Waals surface area contributed by atoms with Crippen molar-refractivity contribution in [3.05, 3.63) is 11.2 Å². The zero-order valence-electron chi connectivity index (χ0n) is 6.45. The molecule has 0 fully saturated rings. The van der Waals surface area contributed by atoms with E-state index in [1.54, 1.807) is 6.20 Å². The van der Waals surface area contributed by atoms with Gasteiger partial charge < -0.3 is 0 Å². The van der Waals surface area contributed by atoms with Crippen molar-refractivity contribution in [3.8, 4) is 0 Å². The molecule has 0 saturated heterocycles. The number of alkyl halides is 6. The molecule has 1 aromatic rings. The van der Waals surface area contributed by atoms with Gasteiger partial charge in [0.05, 0.1) is 0 Å². The van der Waals surface area contributed by atoms with E-state index in [0.717, 1.165) is 0 Å². The van der Waals surface area contributed by atoms with Gasteiger partial charge >= 0.3 is 11.8 Å². The van der Waals surface area contributed by atoms with E-state index in [9.17, 15) is 26.3 Å². The molecule has 2 nitrogen and oxygen atoms in total. The highest BCUT2D eigenvalue weighted by molar-refractivity contribution is 8.00. The summed E-state index contributed by atoms with van der Waals surface area (Å²) in [5.74, 6) is 0. The second-order valence-corrected chi connectivity index (χ2v) is 3.59. The minimum absolute atomic E-state index is 0.784. The number of nitrogens with zero attached hydrogens (tertiary/aromatic N) is 2. The molecule has 1 heterocycles. The molecule has 10 heteroatoms. The number of hydrogen-bond acceptors (Lipinski definition) is 2. The highest BCUT2D eigenvalue weighted by atomic mass is 35.5. The van der Waals surface area contributed by atoms with Crippen LogP contribution in [0.5, 0.6) is 0 Å². The molecular formula is C5ClF6N2S. The van der Waals surface area contributed by atoms with E-state index in [4.69, 9.17) is 11.6 Å². The van der Waals surface area contributed by atoms with Gasteiger partial charge in [0.2, 0.25) is 0 Å². The first-order valence-electron chi connectivity index (χ1n) is 3.10. The molecule has 1 radical (unpaired) electrons. The van der Waals surface area contributed by atoms with E-state index >= 15 is 0 Å². The van der Waals surface area contributed by atoms with Crippen molar-refractivity contribution in [2.24, 2.45) is 0 Å². The Morgan fingerprint density at radius 1 is 1.20 bits per heavy atom. The average Bonchev–Trinajstić information content (AvgIpc) is 2.28. The highest BCUT2D eigenvalue weighted by Gasteiger charge is 2.40. The molecular weight excluding hydrogens is 270 g/mol. The van der Waals surface area contributed by atoms with Crippen LogP contribution in [0.25, 0.3) is 0 Å². The van der Waals surface area contributed by atoms with Crippen LogP contribution in [0.1, 0.15) is 0 Å². The fourth-order valence-electron chi connectivity index (χ4n) is 0.650. The summed E-state index contributed by atoms with van der Waals surface area (Å²) in [6.45, 7) is 0. The van der Waals surface area contributed by atoms with Crippen LogP contribution in [0.15, 0.2) is 5.03 Å². The number of thioether (sulfide) groups is 1. The van der Waals surface area contributed by atoms with Crippen molar-refractivity contribution >= 4 is 23.4 Å². The first-order chi connectivity index (χ1) is 6.61. The van der Waals surface area contributed by atoms with E-state index in [1.165, 1.54) is 0 Å². The van der Waals surface area contributed by atoms with Gasteiger partial charge in [0.1, 0.15) is 16.2 Å². The van der Waals surface area contributed by atoms with Gasteiger partial charge in [-0.1, -0.05) is 11.6 Å². The third-order valence-corrected chi connectivity index (χ3v) is 2.26. The largest absolute Gasteiger partial charge is 0.505 e. The molecule has 0 amide bonds. The molecule has 0 aromatic carbocycles. The zero-order valence-corrected chi connectivity index (χ0v) is 8.02. The SMILES string of the molecule is FC(F)(F)Sc1c(Cl)[c]nn1C(F)(F)F. The molecule has 0 unspecified atom stereocenters. The topological polar surface area (TPSA) is 17.8 Å². The third-order valence-electron chi connectivity index (χ3n) is 1.08. The van der Waals surface area contributed by atoms with Gasteiger partial charge in [0.25, 0.3) is 0 Å². The fraction of sp³-hybridized carbons (Fsp3) is 0.400. The molecule has 0 aliphatic heterocycles. The molecule has 1 rings (SSSR count). The summed E-state index contributed by atoms with van der Waals surface area (Å²) in [6.07, 6.45) is -3.45. The quantitative estimate of drug-likeness (QED) is 0.574. The van der Waals surface area contributed by atoms with Gasteiger partial charge in [-0.2, -0.15) is 23.0 Å². The van der Waals surface area contributed by atoms with Gasteiger partial charge in [-0.15, -0.1) is 13.2 Å². The number of rotatable bonds is 1. The number of halogens is 7. The monoisotopic (exact) mass is 269 g/mol. The number of hydrogen-bond donors (Lipinski definition) is 0. The summed E-state index contributed by atoms with van der Waals surface area (Å²) in [5.41, 5.74) is -4.87. The number of aromatic nitrogens is 2. The summed E-state index contributed by atoms with van der Waals surface area (Å²) in [5, 5.41) is 0.508. The first-order valence-corrected chi connectivity index (χ1v) is 4.30. The van der Waals surface area contributed by atoms with Crippen molar-refractivity contribution in [1.82, 2.24) is 9.78 Å². The second-order valence-electron chi connectivity index (χ2n) is 2.16. The zero-order chi connectivity index (χ0) is 11.9. The molecule has 0 spiro atoms. The lowest BCUT2D eigenvalue weighted by molar-refractivity contribution is -0.218. The third kappa shape index (κ3) is 3.20. The second kappa shape index (κ2) is 3.78. The van der Waals surface area contributed by atoms with E-state index < -0.39 is 38.3 Å². The predicted molar refractivity (Wildman–Crippen MR) is 39.3 cm³/mol. The molecule has 0 aliphatic rings. The Hall–Kier alpha value is -0.570. The summed E-state index contributed by atoms with van der Waals surface area (Å²) >= 11 is 4.10. The standard InChI is InChI=1S/C5ClF6N2S/c6-2-1-13-14(4(7,8)9)3(2)15-5(10,11)12. The summed E-state index contributed by atoms with van der Waals surface area (Å²) in [6, 6.07) is 0. The van der Waals surface area contributed by atoms with Crippen molar-refractivity contribution in [2.45, 2.75) is 16.8 Å². The van der Waals surface area contributed by atoms with Crippen LogP contribution in [-0.2, 0) is 6.30 Å². The van der Waals surface area contributed by atoms with Crippen molar-refractivity contribution in [3.63, 3.8) is 0 Å². The van der Waals surface area contributed by atoms with Gasteiger partial charge in [0.15, 0.2) is 0 Å². The fourth-order valence-corrected chi connectivity index (χ4v) is 1.47.